The lowest BCUT2D eigenvalue weighted by Gasteiger charge is -2.12. The molecule has 2 aromatic heterocycles. The Kier molecular flexibility index (Phi) is 5.29. The number of furan rings is 1. The van der Waals surface area contributed by atoms with Crippen molar-refractivity contribution >= 4 is 32.6 Å². The summed E-state index contributed by atoms with van der Waals surface area (Å²) < 4.78 is 12.6. The zero-order valence-electron chi connectivity index (χ0n) is 15.6. The van der Waals surface area contributed by atoms with E-state index in [4.69, 9.17) is 9.15 Å². The van der Waals surface area contributed by atoms with Crippen molar-refractivity contribution in [2.24, 2.45) is 5.92 Å². The molecule has 8 heteroatoms. The molecule has 144 valence electrons. The molecule has 0 fully saturated rings. The van der Waals surface area contributed by atoms with Crippen LogP contribution in [0.2, 0.25) is 0 Å². The summed E-state index contributed by atoms with van der Waals surface area (Å²) in [6, 6.07) is 14.0. The summed E-state index contributed by atoms with van der Waals surface area (Å²) in [5, 5.41) is 18.3. The second kappa shape index (κ2) is 8.02. The first kappa shape index (κ1) is 18.5. The fourth-order valence-electron chi connectivity index (χ4n) is 2.75. The van der Waals surface area contributed by atoms with Crippen molar-refractivity contribution in [1.82, 2.24) is 20.6 Å². The lowest BCUT2D eigenvalue weighted by Crippen LogP contribution is -2.05. The molecule has 0 spiro atoms. The fraction of sp³-hybridized carbons (Fsp3) is 0.250. The number of nitrogens with zero attached hydrogens (tertiary/aromatic N) is 3. The van der Waals surface area contributed by atoms with Gasteiger partial charge in [-0.2, -0.15) is 5.21 Å². The maximum absolute atomic E-state index is 5.85. The topological polar surface area (TPSA) is 88.9 Å². The number of fused-ring (bicyclic) bond motifs is 1. The van der Waals surface area contributed by atoms with Gasteiger partial charge in [-0.05, 0) is 63.0 Å². The molecule has 0 radical (unpaired) electrons. The zero-order chi connectivity index (χ0) is 19.5. The first-order chi connectivity index (χ1) is 13.6. The van der Waals surface area contributed by atoms with E-state index in [9.17, 15) is 0 Å². The van der Waals surface area contributed by atoms with Crippen molar-refractivity contribution in [2.75, 3.05) is 11.9 Å². The van der Waals surface area contributed by atoms with Gasteiger partial charge in [0, 0.05) is 17.6 Å². The molecule has 2 heterocycles. The van der Waals surface area contributed by atoms with Crippen LogP contribution < -0.4 is 10.1 Å². The van der Waals surface area contributed by atoms with E-state index < -0.39 is 0 Å². The zero-order valence-corrected chi connectivity index (χ0v) is 17.2. The smallest absolute Gasteiger partial charge is 0.239 e. The van der Waals surface area contributed by atoms with Gasteiger partial charge in [-0.25, -0.2) is 0 Å². The van der Waals surface area contributed by atoms with Gasteiger partial charge in [-0.1, -0.05) is 26.0 Å². The van der Waals surface area contributed by atoms with Gasteiger partial charge in [-0.3, -0.25) is 0 Å². The third kappa shape index (κ3) is 4.17. The molecule has 0 saturated carbocycles. The number of anilines is 1. The average molecular weight is 442 g/mol. The highest BCUT2D eigenvalue weighted by Crippen LogP contribution is 2.29. The molecule has 4 aromatic rings. The van der Waals surface area contributed by atoms with Crippen LogP contribution in [0, 0.1) is 5.92 Å². The van der Waals surface area contributed by atoms with E-state index in [0.717, 1.165) is 32.4 Å². The second-order valence-electron chi connectivity index (χ2n) is 6.92. The van der Waals surface area contributed by atoms with Crippen molar-refractivity contribution in [1.29, 1.82) is 0 Å². The van der Waals surface area contributed by atoms with Crippen LogP contribution in [0.15, 0.2) is 51.4 Å². The third-order valence-corrected chi connectivity index (χ3v) is 4.77. The highest BCUT2D eigenvalue weighted by atomic mass is 79.9. The lowest BCUT2D eigenvalue weighted by molar-refractivity contribution is 0.269. The summed E-state index contributed by atoms with van der Waals surface area (Å²) in [4.78, 5) is 0. The molecule has 0 unspecified atom stereocenters. The molecular weight excluding hydrogens is 422 g/mol. The van der Waals surface area contributed by atoms with E-state index in [0.29, 0.717) is 30.7 Å². The number of benzene rings is 2. The number of tetrazole rings is 1. The van der Waals surface area contributed by atoms with Crippen LogP contribution in [-0.4, -0.2) is 27.2 Å². The highest BCUT2D eigenvalue weighted by Gasteiger charge is 2.10. The predicted molar refractivity (Wildman–Crippen MR) is 111 cm³/mol. The minimum atomic E-state index is 0.445. The molecule has 4 rings (SSSR count). The van der Waals surface area contributed by atoms with Crippen molar-refractivity contribution in [3.05, 3.63) is 52.5 Å². The van der Waals surface area contributed by atoms with E-state index in [1.807, 2.05) is 36.4 Å². The Morgan fingerprint density at radius 1 is 1.18 bits per heavy atom. The Labute approximate surface area is 170 Å². The van der Waals surface area contributed by atoms with Crippen LogP contribution in [0.3, 0.4) is 0 Å². The summed E-state index contributed by atoms with van der Waals surface area (Å²) in [7, 11) is 0. The number of aromatic nitrogens is 4. The number of nitrogens with one attached hydrogen (secondary N) is 2. The largest absolute Gasteiger partial charge is 0.492 e. The van der Waals surface area contributed by atoms with E-state index in [2.05, 4.69) is 61.8 Å². The summed E-state index contributed by atoms with van der Waals surface area (Å²) in [6.45, 7) is 5.63. The van der Waals surface area contributed by atoms with Gasteiger partial charge in [0.15, 0.2) is 5.76 Å². The van der Waals surface area contributed by atoms with Gasteiger partial charge < -0.3 is 14.5 Å². The van der Waals surface area contributed by atoms with Crippen molar-refractivity contribution in [3.8, 4) is 17.3 Å². The fourth-order valence-corrected chi connectivity index (χ4v) is 3.24. The Balaban J connectivity index is 1.44. The van der Waals surface area contributed by atoms with Gasteiger partial charge in [0.25, 0.3) is 0 Å². The normalized spacial score (nSPS) is 11.3. The molecule has 2 N–H and O–H groups in total. The number of halogens is 1. The van der Waals surface area contributed by atoms with E-state index in [1.54, 1.807) is 0 Å². The van der Waals surface area contributed by atoms with Crippen molar-refractivity contribution in [2.45, 2.75) is 20.4 Å². The lowest BCUT2D eigenvalue weighted by atomic mass is 10.1. The number of hydrogen-bond acceptors (Lipinski definition) is 6. The molecule has 0 aliphatic heterocycles. The minimum Gasteiger partial charge on any atom is -0.492 e. The van der Waals surface area contributed by atoms with E-state index in [-0.39, 0.29) is 0 Å². The van der Waals surface area contributed by atoms with Gasteiger partial charge >= 0.3 is 0 Å². The minimum absolute atomic E-state index is 0.445. The molecule has 0 aliphatic carbocycles. The van der Waals surface area contributed by atoms with Crippen LogP contribution in [0.1, 0.15) is 19.4 Å². The molecule has 0 saturated heterocycles. The van der Waals surface area contributed by atoms with Gasteiger partial charge in [0.2, 0.25) is 5.82 Å². The molecular formula is C20H20BrN5O2. The third-order valence-electron chi connectivity index (χ3n) is 4.15. The van der Waals surface area contributed by atoms with Gasteiger partial charge in [0.05, 0.1) is 11.1 Å². The van der Waals surface area contributed by atoms with Crippen LogP contribution in [0.25, 0.3) is 22.6 Å². The number of aromatic amines is 1. The summed E-state index contributed by atoms with van der Waals surface area (Å²) in [5.41, 5.74) is 2.91. The van der Waals surface area contributed by atoms with E-state index in [1.165, 1.54) is 0 Å². The Bertz CT molecular complexity index is 1080. The van der Waals surface area contributed by atoms with Crippen LogP contribution in [0.4, 0.5) is 5.69 Å². The van der Waals surface area contributed by atoms with Crippen molar-refractivity contribution < 1.29 is 9.15 Å². The first-order valence-corrected chi connectivity index (χ1v) is 9.80. The molecule has 2 aromatic carbocycles. The number of rotatable bonds is 7. The Hall–Kier alpha value is -2.87. The molecule has 7 nitrogen and oxygen atoms in total. The summed E-state index contributed by atoms with van der Waals surface area (Å²) >= 11 is 3.58. The molecule has 28 heavy (non-hydrogen) atoms. The van der Waals surface area contributed by atoms with E-state index >= 15 is 0 Å². The Morgan fingerprint density at radius 2 is 2.07 bits per heavy atom. The number of H-pyrrole nitrogens is 1. The number of ether oxygens (including phenoxy) is 1. The standard InChI is InChI=1S/C20H20BrN5O2/c1-12(2)11-27-17-6-5-15(9-16(17)21)22-10-13-3-4-14-8-19(28-18(14)7-13)20-23-25-26-24-20/h3-9,12,22H,10-11H2,1-2H3,(H,23,24,25,26). The van der Waals surface area contributed by atoms with Crippen LogP contribution in [-0.2, 0) is 6.54 Å². The monoisotopic (exact) mass is 441 g/mol. The maximum atomic E-state index is 5.85. The summed E-state index contributed by atoms with van der Waals surface area (Å²) in [5.74, 6) is 2.38. The number of hydrogen-bond donors (Lipinski definition) is 2. The molecule has 0 atom stereocenters. The molecule has 0 amide bonds. The second-order valence-corrected chi connectivity index (χ2v) is 7.78. The summed E-state index contributed by atoms with van der Waals surface area (Å²) in [6.07, 6.45) is 0. The van der Waals surface area contributed by atoms with Crippen LogP contribution >= 0.6 is 15.9 Å². The van der Waals surface area contributed by atoms with Gasteiger partial charge in [-0.15, -0.1) is 10.2 Å². The maximum Gasteiger partial charge on any atom is 0.239 e. The predicted octanol–water partition coefficient (Wildman–Crippen LogP) is 5.02. The van der Waals surface area contributed by atoms with Gasteiger partial charge in [0.1, 0.15) is 11.3 Å². The molecule has 0 bridgehead atoms. The average Bonchev–Trinajstić information content (AvgIpc) is 3.34. The quantitative estimate of drug-likeness (QED) is 0.418. The van der Waals surface area contributed by atoms with Crippen molar-refractivity contribution in [3.63, 3.8) is 0 Å². The SMILES string of the molecule is CC(C)COc1ccc(NCc2ccc3cc(-c4nn[nH]n4)oc3c2)cc1Br. The van der Waals surface area contributed by atoms with Crippen LogP contribution in [0.5, 0.6) is 5.75 Å². The first-order valence-electron chi connectivity index (χ1n) is 9.01. The molecule has 0 aliphatic rings. The Morgan fingerprint density at radius 3 is 2.82 bits per heavy atom. The highest BCUT2D eigenvalue weighted by molar-refractivity contribution is 9.10.